The van der Waals surface area contributed by atoms with Crippen molar-refractivity contribution in [3.63, 3.8) is 0 Å². The second-order valence-corrected chi connectivity index (χ2v) is 2.27. The van der Waals surface area contributed by atoms with Gasteiger partial charge in [0, 0.05) is 18.5 Å². The van der Waals surface area contributed by atoms with Crippen LogP contribution in [0.25, 0.3) is 0 Å². The molecule has 0 atom stereocenters. The van der Waals surface area contributed by atoms with E-state index in [0.29, 0.717) is 5.70 Å². The zero-order chi connectivity index (χ0) is 11.5. The molecule has 0 aliphatic carbocycles. The maximum absolute atomic E-state index is 10.9. The zero-order valence-electron chi connectivity index (χ0n) is 8.77. The topological polar surface area (TPSA) is 59.9 Å². The van der Waals surface area contributed by atoms with E-state index in [1.165, 1.54) is 32.7 Å². The maximum atomic E-state index is 10.9. The van der Waals surface area contributed by atoms with Gasteiger partial charge in [-0.2, -0.15) is 0 Å². The number of carbonyl (C=O) groups excluding carboxylic acids is 1. The quantitative estimate of drug-likeness (QED) is 0.233. The highest BCUT2D eigenvalue weighted by Gasteiger charge is 1.96. The molecule has 0 aromatic heterocycles. The molecule has 0 unspecified atom stereocenters. The molecule has 0 spiro atoms. The van der Waals surface area contributed by atoms with Gasteiger partial charge in [0.05, 0.1) is 19.9 Å². The number of rotatable bonds is 6. The largest absolute Gasteiger partial charge is 0.466 e. The second-order valence-electron chi connectivity index (χ2n) is 2.27. The van der Waals surface area contributed by atoms with Crippen LogP contribution in [-0.4, -0.2) is 26.4 Å². The lowest BCUT2D eigenvalue weighted by atomic mass is 10.3. The van der Waals surface area contributed by atoms with Crippen molar-refractivity contribution < 1.29 is 14.4 Å². The molecule has 5 heteroatoms. The van der Waals surface area contributed by atoms with Crippen molar-refractivity contribution in [1.29, 1.82) is 0 Å². The predicted octanol–water partition coefficient (Wildman–Crippen LogP) is 0.965. The number of nitrogens with one attached hydrogen (secondary N) is 1. The molecule has 0 aliphatic heterocycles. The van der Waals surface area contributed by atoms with Crippen LogP contribution in [0.4, 0.5) is 0 Å². The molecule has 0 aromatic rings. The lowest BCUT2D eigenvalue weighted by Gasteiger charge is -2.02. The molecule has 0 bridgehead atoms. The van der Waals surface area contributed by atoms with Crippen LogP contribution in [0.15, 0.2) is 41.7 Å². The van der Waals surface area contributed by atoms with Gasteiger partial charge in [-0.15, -0.1) is 0 Å². The summed E-state index contributed by atoms with van der Waals surface area (Å²) in [7, 11) is 2.74. The Morgan fingerprint density at radius 3 is 2.73 bits per heavy atom. The first kappa shape index (κ1) is 13.1. The van der Waals surface area contributed by atoms with E-state index < -0.39 is 5.97 Å². The first-order chi connectivity index (χ1) is 7.24. The van der Waals surface area contributed by atoms with Gasteiger partial charge < -0.3 is 4.74 Å². The van der Waals surface area contributed by atoms with E-state index in [-0.39, 0.29) is 0 Å². The monoisotopic (exact) mass is 210 g/mol. The standard InChI is InChI=1S/C10H14N2O3/c1-4-11-7-5-6-9(12-15-3)8-10(13)14-2/h4-8,12H,1H2,2-3H3/b6-5-,9-8-,11-7+. The molecule has 0 amide bonds. The smallest absolute Gasteiger partial charge is 0.332 e. The third-order valence-corrected chi connectivity index (χ3v) is 1.25. The van der Waals surface area contributed by atoms with E-state index in [1.807, 2.05) is 0 Å². The van der Waals surface area contributed by atoms with E-state index >= 15 is 0 Å². The first-order valence-electron chi connectivity index (χ1n) is 4.14. The molecule has 0 radical (unpaired) electrons. The number of aliphatic imine (C=N–C) groups is 1. The summed E-state index contributed by atoms with van der Waals surface area (Å²) < 4.78 is 4.46. The molecule has 0 heterocycles. The molecule has 0 saturated carbocycles. The summed E-state index contributed by atoms with van der Waals surface area (Å²) in [4.78, 5) is 19.3. The van der Waals surface area contributed by atoms with E-state index in [0.717, 1.165) is 0 Å². The number of ether oxygens (including phenoxy) is 1. The van der Waals surface area contributed by atoms with Crippen LogP contribution in [0.5, 0.6) is 0 Å². The van der Waals surface area contributed by atoms with Crippen molar-refractivity contribution in [2.24, 2.45) is 4.99 Å². The van der Waals surface area contributed by atoms with Crippen LogP contribution in [-0.2, 0) is 14.4 Å². The highest BCUT2D eigenvalue weighted by atomic mass is 16.6. The van der Waals surface area contributed by atoms with Gasteiger partial charge in [0.1, 0.15) is 0 Å². The zero-order valence-corrected chi connectivity index (χ0v) is 8.77. The maximum Gasteiger partial charge on any atom is 0.332 e. The number of esters is 1. The Morgan fingerprint density at radius 1 is 1.47 bits per heavy atom. The van der Waals surface area contributed by atoms with Crippen molar-refractivity contribution in [2.45, 2.75) is 0 Å². The molecule has 5 nitrogen and oxygen atoms in total. The van der Waals surface area contributed by atoms with Gasteiger partial charge in [-0.1, -0.05) is 6.58 Å². The summed E-state index contributed by atoms with van der Waals surface area (Å²) in [5.74, 6) is -0.472. The fourth-order valence-corrected chi connectivity index (χ4v) is 0.673. The summed E-state index contributed by atoms with van der Waals surface area (Å²) >= 11 is 0. The number of hydroxylamine groups is 1. The van der Waals surface area contributed by atoms with E-state index in [1.54, 1.807) is 12.2 Å². The Hall–Kier alpha value is -1.88. The van der Waals surface area contributed by atoms with Gasteiger partial charge in [0.25, 0.3) is 0 Å². The van der Waals surface area contributed by atoms with Crippen LogP contribution in [0.3, 0.4) is 0 Å². The van der Waals surface area contributed by atoms with Crippen LogP contribution < -0.4 is 5.48 Å². The molecular formula is C10H14N2O3. The van der Waals surface area contributed by atoms with Crippen molar-refractivity contribution in [3.8, 4) is 0 Å². The fraction of sp³-hybridized carbons (Fsp3) is 0.200. The summed E-state index contributed by atoms with van der Waals surface area (Å²) in [5.41, 5.74) is 2.97. The van der Waals surface area contributed by atoms with Crippen molar-refractivity contribution in [3.05, 3.63) is 36.7 Å². The highest BCUT2D eigenvalue weighted by Crippen LogP contribution is 1.92. The summed E-state index contributed by atoms with van der Waals surface area (Å²) in [5, 5.41) is 0. The van der Waals surface area contributed by atoms with Crippen molar-refractivity contribution in [2.75, 3.05) is 14.2 Å². The van der Waals surface area contributed by atoms with Gasteiger partial charge >= 0.3 is 5.97 Å². The van der Waals surface area contributed by atoms with E-state index in [2.05, 4.69) is 26.6 Å². The normalized spacial score (nSPS) is 12.0. The van der Waals surface area contributed by atoms with Crippen LogP contribution in [0.1, 0.15) is 0 Å². The summed E-state index contributed by atoms with van der Waals surface area (Å²) in [6, 6.07) is 0. The number of hydrogen-bond donors (Lipinski definition) is 1. The predicted molar refractivity (Wildman–Crippen MR) is 58.1 cm³/mol. The van der Waals surface area contributed by atoms with Crippen molar-refractivity contribution >= 4 is 12.2 Å². The SMILES string of the molecule is C=C/N=C/C=C\C(=C\C(=O)OC)NOC. The Kier molecular flexibility index (Phi) is 7.62. The average molecular weight is 210 g/mol. The van der Waals surface area contributed by atoms with Crippen LogP contribution in [0.2, 0.25) is 0 Å². The second kappa shape index (κ2) is 8.71. The third kappa shape index (κ3) is 7.21. The fourth-order valence-electron chi connectivity index (χ4n) is 0.673. The van der Waals surface area contributed by atoms with E-state index in [9.17, 15) is 4.79 Å². The lowest BCUT2D eigenvalue weighted by Crippen LogP contribution is -2.11. The molecule has 0 rings (SSSR count). The first-order valence-corrected chi connectivity index (χ1v) is 4.14. The van der Waals surface area contributed by atoms with Gasteiger partial charge in [-0.25, -0.2) is 4.79 Å². The van der Waals surface area contributed by atoms with Gasteiger partial charge in [-0.3, -0.25) is 15.3 Å². The molecule has 0 aromatic carbocycles. The van der Waals surface area contributed by atoms with Gasteiger partial charge in [-0.05, 0) is 12.2 Å². The van der Waals surface area contributed by atoms with Crippen LogP contribution >= 0.6 is 0 Å². The number of carbonyl (C=O) groups is 1. The number of nitrogens with zero attached hydrogens (tertiary/aromatic N) is 1. The van der Waals surface area contributed by atoms with Gasteiger partial charge in [0.15, 0.2) is 0 Å². The molecule has 1 N–H and O–H groups in total. The minimum absolute atomic E-state index is 0.458. The Balaban J connectivity index is 4.45. The van der Waals surface area contributed by atoms with E-state index in [4.69, 9.17) is 0 Å². The molecule has 0 saturated heterocycles. The van der Waals surface area contributed by atoms with Crippen LogP contribution in [0, 0.1) is 0 Å². The number of methoxy groups -OCH3 is 1. The Morgan fingerprint density at radius 2 is 2.20 bits per heavy atom. The summed E-state index contributed by atoms with van der Waals surface area (Å²) in [6.07, 6.45) is 7.41. The highest BCUT2D eigenvalue weighted by molar-refractivity contribution is 5.83. The molecular weight excluding hydrogens is 196 g/mol. The Labute approximate surface area is 88.7 Å². The van der Waals surface area contributed by atoms with Gasteiger partial charge in [0.2, 0.25) is 0 Å². The Bertz CT molecular complexity index is 293. The average Bonchev–Trinajstić information content (AvgIpc) is 2.24. The number of allylic oxidation sites excluding steroid dienone is 2. The lowest BCUT2D eigenvalue weighted by molar-refractivity contribution is -0.134. The minimum Gasteiger partial charge on any atom is -0.466 e. The van der Waals surface area contributed by atoms with Crippen molar-refractivity contribution in [1.82, 2.24) is 5.48 Å². The third-order valence-electron chi connectivity index (χ3n) is 1.25. The molecule has 0 fully saturated rings. The number of hydrogen-bond acceptors (Lipinski definition) is 5. The summed E-state index contributed by atoms with van der Waals surface area (Å²) in [6.45, 7) is 3.41. The molecule has 82 valence electrons. The molecule has 15 heavy (non-hydrogen) atoms. The minimum atomic E-state index is -0.472. The molecule has 0 aliphatic rings.